The van der Waals surface area contributed by atoms with Crippen molar-refractivity contribution >= 4 is 34.9 Å². The fraction of sp³-hybridized carbons (Fsp3) is 0.0870. The predicted octanol–water partition coefficient (Wildman–Crippen LogP) is 4.67. The maximum absolute atomic E-state index is 13.0. The smallest absolute Gasteiger partial charge is 0.301 e. The Balaban J connectivity index is 1.94. The van der Waals surface area contributed by atoms with Crippen LogP contribution in [0.1, 0.15) is 22.7 Å². The van der Waals surface area contributed by atoms with Gasteiger partial charge >= 0.3 is 5.91 Å². The van der Waals surface area contributed by atoms with Crippen LogP contribution in [0.15, 0.2) is 78.5 Å². The molecule has 1 fully saturated rings. The molecule has 1 aromatic heterocycles. The molecular weight excluding hydrogens is 388 g/mol. The van der Waals surface area contributed by atoms with E-state index < -0.39 is 17.7 Å². The fourth-order valence-electron chi connectivity index (χ4n) is 3.39. The number of ketones is 1. The molecule has 0 bridgehead atoms. The second-order valence-electron chi connectivity index (χ2n) is 6.77. The number of carbonyl (C=O) groups excluding carboxylic acids is 2. The summed E-state index contributed by atoms with van der Waals surface area (Å²) in [7, 11) is 0. The Labute approximate surface area is 172 Å². The third kappa shape index (κ3) is 3.41. The fourth-order valence-corrected chi connectivity index (χ4v) is 3.52. The molecule has 1 N–H and O–H groups in total. The zero-order valence-corrected chi connectivity index (χ0v) is 16.3. The summed E-state index contributed by atoms with van der Waals surface area (Å²) in [6, 6.07) is 18.2. The van der Waals surface area contributed by atoms with Crippen molar-refractivity contribution in [2.24, 2.45) is 0 Å². The Morgan fingerprint density at radius 2 is 1.69 bits per heavy atom. The lowest BCUT2D eigenvalue weighted by Crippen LogP contribution is -2.30. The van der Waals surface area contributed by atoms with Crippen molar-refractivity contribution in [3.8, 4) is 0 Å². The number of amides is 1. The minimum atomic E-state index is -0.816. The highest BCUT2D eigenvalue weighted by molar-refractivity contribution is 6.51. The van der Waals surface area contributed by atoms with Crippen LogP contribution in [-0.2, 0) is 9.59 Å². The summed E-state index contributed by atoms with van der Waals surface area (Å²) in [6.07, 6.45) is 1.55. The highest BCUT2D eigenvalue weighted by Gasteiger charge is 2.47. The van der Waals surface area contributed by atoms with E-state index in [9.17, 15) is 14.7 Å². The first-order valence-corrected chi connectivity index (χ1v) is 9.39. The van der Waals surface area contributed by atoms with E-state index in [1.54, 1.807) is 60.8 Å². The Hall–Kier alpha value is -3.44. The normalized spacial score (nSPS) is 18.3. The maximum Gasteiger partial charge on any atom is 0.301 e. The first-order valence-electron chi connectivity index (χ1n) is 9.02. The zero-order valence-electron chi connectivity index (χ0n) is 15.5. The van der Waals surface area contributed by atoms with Crippen LogP contribution in [0.25, 0.3) is 5.76 Å². The van der Waals surface area contributed by atoms with Gasteiger partial charge in [0.05, 0.1) is 11.6 Å². The van der Waals surface area contributed by atoms with E-state index >= 15 is 0 Å². The summed E-state index contributed by atoms with van der Waals surface area (Å²) in [4.78, 5) is 31.4. The number of aryl methyl sites for hydroxylation is 1. The van der Waals surface area contributed by atoms with E-state index in [0.717, 1.165) is 5.56 Å². The number of hydrogen-bond acceptors (Lipinski definition) is 4. The third-order valence-electron chi connectivity index (χ3n) is 4.85. The molecule has 3 aromatic rings. The van der Waals surface area contributed by atoms with E-state index in [2.05, 4.69) is 4.98 Å². The Kier molecular flexibility index (Phi) is 4.91. The SMILES string of the molecule is Cc1ccc(C(O)=C2C(=O)C(=O)N(c3ccccn3)[C@@H]2c2ccc(Cl)cc2)cc1. The number of hydrogen-bond donors (Lipinski definition) is 1. The zero-order chi connectivity index (χ0) is 20.5. The van der Waals surface area contributed by atoms with Crippen LogP contribution in [0.5, 0.6) is 0 Å². The van der Waals surface area contributed by atoms with E-state index in [4.69, 9.17) is 11.6 Å². The molecule has 144 valence electrons. The number of carbonyl (C=O) groups is 2. The average molecular weight is 405 g/mol. The molecule has 0 saturated carbocycles. The predicted molar refractivity (Wildman–Crippen MR) is 112 cm³/mol. The summed E-state index contributed by atoms with van der Waals surface area (Å²) in [5.41, 5.74) is 2.15. The lowest BCUT2D eigenvalue weighted by atomic mass is 9.95. The third-order valence-corrected chi connectivity index (χ3v) is 5.10. The van der Waals surface area contributed by atoms with Crippen molar-refractivity contribution in [1.29, 1.82) is 0 Å². The summed E-state index contributed by atoms with van der Waals surface area (Å²) in [6.45, 7) is 1.93. The van der Waals surface area contributed by atoms with Crippen LogP contribution < -0.4 is 4.90 Å². The van der Waals surface area contributed by atoms with Gasteiger partial charge < -0.3 is 5.11 Å². The Morgan fingerprint density at radius 1 is 1.00 bits per heavy atom. The standard InChI is InChI=1S/C23H17ClN2O3/c1-14-5-7-16(8-6-14)21(27)19-20(15-9-11-17(24)12-10-15)26(23(29)22(19)28)18-4-2-3-13-25-18/h2-13,20,27H,1H3/t20-/m1/s1. The molecule has 1 atom stereocenters. The molecule has 2 heterocycles. The van der Waals surface area contributed by atoms with Crippen LogP contribution in [0.2, 0.25) is 5.02 Å². The number of Topliss-reactive ketones (excluding diaryl/α,β-unsaturated/α-hetero) is 1. The molecule has 6 heteroatoms. The molecule has 2 aromatic carbocycles. The molecule has 4 rings (SSSR count). The van der Waals surface area contributed by atoms with Crippen LogP contribution in [0, 0.1) is 6.92 Å². The summed E-state index contributed by atoms with van der Waals surface area (Å²) >= 11 is 6.02. The van der Waals surface area contributed by atoms with Crippen molar-refractivity contribution < 1.29 is 14.7 Å². The van der Waals surface area contributed by atoms with Crippen LogP contribution in [0.3, 0.4) is 0 Å². The molecule has 29 heavy (non-hydrogen) atoms. The molecule has 0 radical (unpaired) electrons. The van der Waals surface area contributed by atoms with Gasteiger partial charge in [0.15, 0.2) is 0 Å². The van der Waals surface area contributed by atoms with Gasteiger partial charge in [-0.15, -0.1) is 0 Å². The minimum absolute atomic E-state index is 0.0202. The highest BCUT2D eigenvalue weighted by Crippen LogP contribution is 2.41. The molecule has 1 aliphatic heterocycles. The van der Waals surface area contributed by atoms with Crippen molar-refractivity contribution in [3.05, 3.63) is 100 Å². The number of aliphatic hydroxyl groups is 1. The van der Waals surface area contributed by atoms with Gasteiger partial charge in [-0.1, -0.05) is 59.6 Å². The van der Waals surface area contributed by atoms with Gasteiger partial charge in [0.25, 0.3) is 5.78 Å². The van der Waals surface area contributed by atoms with Crippen LogP contribution >= 0.6 is 11.6 Å². The van der Waals surface area contributed by atoms with E-state index in [-0.39, 0.29) is 11.3 Å². The van der Waals surface area contributed by atoms with Crippen molar-refractivity contribution in [1.82, 2.24) is 4.98 Å². The first-order chi connectivity index (χ1) is 14.0. The highest BCUT2D eigenvalue weighted by atomic mass is 35.5. The quantitative estimate of drug-likeness (QED) is 0.391. The van der Waals surface area contributed by atoms with Gasteiger partial charge in [-0.05, 0) is 36.8 Å². The van der Waals surface area contributed by atoms with Crippen molar-refractivity contribution in [3.63, 3.8) is 0 Å². The van der Waals surface area contributed by atoms with Crippen LogP contribution in [0.4, 0.5) is 5.82 Å². The number of rotatable bonds is 3. The van der Waals surface area contributed by atoms with Crippen LogP contribution in [-0.4, -0.2) is 21.8 Å². The molecule has 1 saturated heterocycles. The number of halogens is 1. The number of aliphatic hydroxyl groups excluding tert-OH is 1. The number of pyridine rings is 1. The van der Waals surface area contributed by atoms with Gasteiger partial charge in [-0.2, -0.15) is 0 Å². The lowest BCUT2D eigenvalue weighted by molar-refractivity contribution is -0.132. The monoisotopic (exact) mass is 404 g/mol. The Morgan fingerprint density at radius 3 is 2.31 bits per heavy atom. The van der Waals surface area contributed by atoms with E-state index in [1.807, 2.05) is 19.1 Å². The topological polar surface area (TPSA) is 70.5 Å². The Bertz CT molecular complexity index is 1110. The van der Waals surface area contributed by atoms with E-state index in [1.165, 1.54) is 4.90 Å². The van der Waals surface area contributed by atoms with Gasteiger partial charge in [-0.25, -0.2) is 4.98 Å². The van der Waals surface area contributed by atoms with Gasteiger partial charge in [0.1, 0.15) is 11.6 Å². The summed E-state index contributed by atoms with van der Waals surface area (Å²) < 4.78 is 0. The molecule has 1 amide bonds. The van der Waals surface area contributed by atoms with E-state index in [0.29, 0.717) is 22.0 Å². The number of aromatic nitrogens is 1. The van der Waals surface area contributed by atoms with Gasteiger partial charge in [-0.3, -0.25) is 14.5 Å². The van der Waals surface area contributed by atoms with Gasteiger partial charge in [0, 0.05) is 16.8 Å². The minimum Gasteiger partial charge on any atom is -0.507 e. The molecule has 5 nitrogen and oxygen atoms in total. The number of nitrogens with zero attached hydrogens (tertiary/aromatic N) is 2. The maximum atomic E-state index is 13.0. The lowest BCUT2D eigenvalue weighted by Gasteiger charge is -2.24. The molecule has 0 aliphatic carbocycles. The van der Waals surface area contributed by atoms with Crippen molar-refractivity contribution in [2.45, 2.75) is 13.0 Å². The molecule has 0 unspecified atom stereocenters. The molecule has 0 spiro atoms. The summed E-state index contributed by atoms with van der Waals surface area (Å²) in [5, 5.41) is 11.5. The summed E-state index contributed by atoms with van der Waals surface area (Å²) in [5.74, 6) is -1.38. The molecule has 1 aliphatic rings. The first kappa shape index (κ1) is 18.9. The average Bonchev–Trinajstić information content (AvgIpc) is 3.00. The largest absolute Gasteiger partial charge is 0.507 e. The second kappa shape index (κ2) is 7.53. The number of benzene rings is 2. The van der Waals surface area contributed by atoms with Gasteiger partial charge in [0.2, 0.25) is 0 Å². The molecular formula is C23H17ClN2O3. The second-order valence-corrected chi connectivity index (χ2v) is 7.21. The van der Waals surface area contributed by atoms with Crippen molar-refractivity contribution in [2.75, 3.05) is 4.90 Å². The number of anilines is 1.